The number of hydrogen-bond acceptors (Lipinski definition) is 3. The van der Waals surface area contributed by atoms with Crippen LogP contribution in [0.1, 0.15) is 47.4 Å². The second kappa shape index (κ2) is 5.93. The number of nitrogens with one attached hydrogen (secondary N) is 1. The maximum Gasteiger partial charge on any atom is 0.274 e. The number of aromatic amines is 1. The molecule has 1 aliphatic rings. The van der Waals surface area contributed by atoms with Gasteiger partial charge in [0.1, 0.15) is 5.69 Å². The van der Waals surface area contributed by atoms with Crippen molar-refractivity contribution in [3.05, 3.63) is 53.3 Å². The zero-order chi connectivity index (χ0) is 15.7. The number of benzene rings is 1. The summed E-state index contributed by atoms with van der Waals surface area (Å²) in [6, 6.07) is 12.0. The molecule has 1 aromatic heterocycles. The van der Waals surface area contributed by atoms with E-state index in [1.54, 1.807) is 0 Å². The maximum absolute atomic E-state index is 12.6. The largest absolute Gasteiger partial charge is 0.335 e. The van der Waals surface area contributed by atoms with Gasteiger partial charge in [-0.1, -0.05) is 44.2 Å². The molecule has 1 aliphatic heterocycles. The molecular weight excluding hydrogens is 276 g/mol. The molecule has 3 N–H and O–H groups in total. The van der Waals surface area contributed by atoms with E-state index in [-0.39, 0.29) is 17.9 Å². The van der Waals surface area contributed by atoms with Gasteiger partial charge >= 0.3 is 0 Å². The molecule has 1 amide bonds. The zero-order valence-electron chi connectivity index (χ0n) is 13.0. The molecule has 2 atom stereocenters. The van der Waals surface area contributed by atoms with Gasteiger partial charge in [0.25, 0.3) is 5.91 Å². The fourth-order valence-corrected chi connectivity index (χ4v) is 2.95. The highest BCUT2D eigenvalue weighted by Gasteiger charge is 2.34. The normalized spacial score (nSPS) is 21.5. The molecule has 2 aromatic rings. The number of likely N-dealkylation sites (tertiary alicyclic amines) is 1. The topological polar surface area (TPSA) is 75.0 Å². The van der Waals surface area contributed by atoms with Crippen molar-refractivity contribution in [1.29, 1.82) is 0 Å². The van der Waals surface area contributed by atoms with Crippen LogP contribution in [0.2, 0.25) is 0 Å². The van der Waals surface area contributed by atoms with Gasteiger partial charge in [-0.3, -0.25) is 9.89 Å². The molecule has 2 heterocycles. The molecule has 5 nitrogen and oxygen atoms in total. The molecule has 116 valence electrons. The minimum Gasteiger partial charge on any atom is -0.335 e. The van der Waals surface area contributed by atoms with Gasteiger partial charge in [0.2, 0.25) is 0 Å². The summed E-state index contributed by atoms with van der Waals surface area (Å²) in [5.74, 6) is 0.470. The van der Waals surface area contributed by atoms with Crippen LogP contribution >= 0.6 is 0 Å². The van der Waals surface area contributed by atoms with Gasteiger partial charge in [-0.2, -0.15) is 5.10 Å². The van der Waals surface area contributed by atoms with E-state index in [1.807, 2.05) is 29.2 Å². The lowest BCUT2D eigenvalue weighted by molar-refractivity contribution is 0.0783. The highest BCUT2D eigenvalue weighted by Crippen LogP contribution is 2.27. The van der Waals surface area contributed by atoms with E-state index in [1.165, 1.54) is 5.56 Å². The average Bonchev–Trinajstić information content (AvgIpc) is 3.14. The molecule has 0 spiro atoms. The Labute approximate surface area is 130 Å². The molecule has 22 heavy (non-hydrogen) atoms. The smallest absolute Gasteiger partial charge is 0.274 e. The predicted molar refractivity (Wildman–Crippen MR) is 85.7 cm³/mol. The Kier molecular flexibility index (Phi) is 3.98. The molecule has 1 fully saturated rings. The summed E-state index contributed by atoms with van der Waals surface area (Å²) in [6.07, 6.45) is 0. The summed E-state index contributed by atoms with van der Waals surface area (Å²) in [5.41, 5.74) is 8.89. The summed E-state index contributed by atoms with van der Waals surface area (Å²) < 4.78 is 0. The first-order chi connectivity index (χ1) is 10.6. The molecule has 1 saturated heterocycles. The Balaban J connectivity index is 1.74. The maximum atomic E-state index is 12.6. The summed E-state index contributed by atoms with van der Waals surface area (Å²) in [7, 11) is 0. The van der Waals surface area contributed by atoms with Crippen molar-refractivity contribution in [2.45, 2.75) is 31.7 Å². The molecule has 0 saturated carbocycles. The number of carbonyl (C=O) groups excluding carboxylic acids is 1. The second-order valence-electron chi connectivity index (χ2n) is 6.25. The highest BCUT2D eigenvalue weighted by atomic mass is 16.2. The minimum atomic E-state index is -0.0444. The predicted octanol–water partition coefficient (Wildman–Crippen LogP) is 2.10. The van der Waals surface area contributed by atoms with E-state index in [4.69, 9.17) is 5.73 Å². The van der Waals surface area contributed by atoms with Gasteiger partial charge in [-0.15, -0.1) is 0 Å². The van der Waals surface area contributed by atoms with Crippen molar-refractivity contribution in [2.24, 2.45) is 5.73 Å². The van der Waals surface area contributed by atoms with Crippen LogP contribution in [0.25, 0.3) is 0 Å². The number of carbonyl (C=O) groups is 1. The molecule has 3 rings (SSSR count). The Morgan fingerprint density at radius 3 is 2.68 bits per heavy atom. The number of nitrogens with two attached hydrogens (primary N) is 1. The van der Waals surface area contributed by atoms with Crippen LogP contribution in [0, 0.1) is 0 Å². The SMILES string of the molecule is CC(C)c1cc(C(=O)N2C[C@@H](N)[C@H](c3ccccc3)C2)n[nH]1. The van der Waals surface area contributed by atoms with Gasteiger partial charge in [0.15, 0.2) is 0 Å². The molecule has 0 bridgehead atoms. The lowest BCUT2D eigenvalue weighted by Gasteiger charge is -2.15. The first-order valence-electron chi connectivity index (χ1n) is 7.71. The van der Waals surface area contributed by atoms with Crippen molar-refractivity contribution < 1.29 is 4.79 Å². The average molecular weight is 298 g/mol. The molecule has 1 aromatic carbocycles. The van der Waals surface area contributed by atoms with Gasteiger partial charge < -0.3 is 10.6 Å². The third-order valence-electron chi connectivity index (χ3n) is 4.32. The van der Waals surface area contributed by atoms with Crippen LogP contribution in [0.5, 0.6) is 0 Å². The Morgan fingerprint density at radius 2 is 2.05 bits per heavy atom. The van der Waals surface area contributed by atoms with Crippen molar-refractivity contribution in [3.8, 4) is 0 Å². The van der Waals surface area contributed by atoms with E-state index in [2.05, 4.69) is 36.2 Å². The quantitative estimate of drug-likeness (QED) is 0.911. The third kappa shape index (κ3) is 2.76. The van der Waals surface area contributed by atoms with Crippen LogP contribution in [0.3, 0.4) is 0 Å². The molecule has 0 radical (unpaired) electrons. The highest BCUT2D eigenvalue weighted by molar-refractivity contribution is 5.92. The zero-order valence-corrected chi connectivity index (χ0v) is 13.0. The third-order valence-corrected chi connectivity index (χ3v) is 4.32. The van der Waals surface area contributed by atoms with Crippen molar-refractivity contribution >= 4 is 5.91 Å². The lowest BCUT2D eigenvalue weighted by Crippen LogP contribution is -2.32. The monoisotopic (exact) mass is 298 g/mol. The fraction of sp³-hybridized carbons (Fsp3) is 0.412. The Morgan fingerprint density at radius 1 is 1.32 bits per heavy atom. The van der Waals surface area contributed by atoms with Crippen LogP contribution in [-0.4, -0.2) is 40.1 Å². The summed E-state index contributed by atoms with van der Waals surface area (Å²) in [6.45, 7) is 5.36. The standard InChI is InChI=1S/C17H22N4O/c1-11(2)15-8-16(20-19-15)17(22)21-9-13(14(18)10-21)12-6-4-3-5-7-12/h3-8,11,13-14H,9-10,18H2,1-2H3,(H,19,20)/t13-,14+/m0/s1. The Bertz CT molecular complexity index is 650. The fourth-order valence-electron chi connectivity index (χ4n) is 2.95. The number of nitrogens with zero attached hydrogens (tertiary/aromatic N) is 2. The van der Waals surface area contributed by atoms with Gasteiger partial charge in [0, 0.05) is 30.7 Å². The second-order valence-corrected chi connectivity index (χ2v) is 6.25. The van der Waals surface area contributed by atoms with Crippen LogP contribution < -0.4 is 5.73 Å². The number of amides is 1. The van der Waals surface area contributed by atoms with E-state index < -0.39 is 0 Å². The van der Waals surface area contributed by atoms with Crippen molar-refractivity contribution in [2.75, 3.05) is 13.1 Å². The lowest BCUT2D eigenvalue weighted by atomic mass is 9.95. The van der Waals surface area contributed by atoms with Crippen molar-refractivity contribution in [1.82, 2.24) is 15.1 Å². The Hall–Kier alpha value is -2.14. The molecule has 0 unspecified atom stereocenters. The summed E-state index contributed by atoms with van der Waals surface area (Å²) >= 11 is 0. The molecular formula is C17H22N4O. The molecule has 5 heteroatoms. The first kappa shape index (κ1) is 14.8. The number of hydrogen-bond donors (Lipinski definition) is 2. The number of H-pyrrole nitrogens is 1. The van der Waals surface area contributed by atoms with E-state index in [0.29, 0.717) is 24.7 Å². The van der Waals surface area contributed by atoms with E-state index in [0.717, 1.165) is 5.69 Å². The first-order valence-corrected chi connectivity index (χ1v) is 7.71. The van der Waals surface area contributed by atoms with Crippen LogP contribution in [0.4, 0.5) is 0 Å². The van der Waals surface area contributed by atoms with E-state index >= 15 is 0 Å². The number of rotatable bonds is 3. The molecule has 0 aliphatic carbocycles. The van der Waals surface area contributed by atoms with Gasteiger partial charge in [0.05, 0.1) is 0 Å². The summed E-state index contributed by atoms with van der Waals surface area (Å²) in [5, 5.41) is 7.08. The van der Waals surface area contributed by atoms with Gasteiger partial charge in [-0.05, 0) is 17.5 Å². The van der Waals surface area contributed by atoms with E-state index in [9.17, 15) is 4.79 Å². The van der Waals surface area contributed by atoms with Gasteiger partial charge in [-0.25, -0.2) is 0 Å². The minimum absolute atomic E-state index is 0.0325. The van der Waals surface area contributed by atoms with Crippen LogP contribution in [0.15, 0.2) is 36.4 Å². The number of aromatic nitrogens is 2. The van der Waals surface area contributed by atoms with Crippen LogP contribution in [-0.2, 0) is 0 Å². The summed E-state index contributed by atoms with van der Waals surface area (Å²) in [4.78, 5) is 14.4. The van der Waals surface area contributed by atoms with Crippen molar-refractivity contribution in [3.63, 3.8) is 0 Å².